The quantitative estimate of drug-likeness (QED) is 0.743. The molecule has 0 radical (unpaired) electrons. The molecule has 0 aliphatic carbocycles. The lowest BCUT2D eigenvalue weighted by molar-refractivity contribution is 0.00578. The minimum atomic E-state index is -0.747. The SMILES string of the molecule is CC1(C)OB(c2cnc(O)c(C(N)=O)c2)OC1(C)C. The van der Waals surface area contributed by atoms with Crippen LogP contribution in [0.4, 0.5) is 0 Å². The van der Waals surface area contributed by atoms with E-state index in [9.17, 15) is 9.90 Å². The van der Waals surface area contributed by atoms with Crippen molar-refractivity contribution in [2.75, 3.05) is 0 Å². The fourth-order valence-corrected chi connectivity index (χ4v) is 1.76. The third-order valence-corrected chi connectivity index (χ3v) is 3.68. The van der Waals surface area contributed by atoms with Crippen LogP contribution < -0.4 is 11.2 Å². The molecule has 3 N–H and O–H groups in total. The maximum absolute atomic E-state index is 11.2. The van der Waals surface area contributed by atoms with Gasteiger partial charge in [-0.05, 0) is 33.8 Å². The Morgan fingerprint density at radius 2 is 1.84 bits per heavy atom. The fraction of sp³-hybridized carbons (Fsp3) is 0.500. The predicted molar refractivity (Wildman–Crippen MR) is 70.1 cm³/mol. The monoisotopic (exact) mass is 264 g/mol. The van der Waals surface area contributed by atoms with Gasteiger partial charge in [-0.25, -0.2) is 4.98 Å². The highest BCUT2D eigenvalue weighted by Crippen LogP contribution is 2.36. The average molecular weight is 264 g/mol. The summed E-state index contributed by atoms with van der Waals surface area (Å²) in [5.74, 6) is -1.14. The number of aromatic nitrogens is 1. The van der Waals surface area contributed by atoms with Crippen LogP contribution in [0.2, 0.25) is 0 Å². The van der Waals surface area contributed by atoms with Gasteiger partial charge in [0.15, 0.2) is 0 Å². The molecule has 0 spiro atoms. The van der Waals surface area contributed by atoms with Gasteiger partial charge in [0, 0.05) is 11.7 Å². The Kier molecular flexibility index (Phi) is 3.06. The maximum atomic E-state index is 11.2. The number of nitrogens with zero attached hydrogens (tertiary/aromatic N) is 1. The van der Waals surface area contributed by atoms with Gasteiger partial charge in [0.25, 0.3) is 5.91 Å². The second kappa shape index (κ2) is 4.21. The van der Waals surface area contributed by atoms with Gasteiger partial charge in [-0.3, -0.25) is 4.79 Å². The average Bonchev–Trinajstić information content (AvgIpc) is 2.48. The van der Waals surface area contributed by atoms with Crippen molar-refractivity contribution in [1.82, 2.24) is 4.98 Å². The van der Waals surface area contributed by atoms with Crippen LogP contribution in [0.1, 0.15) is 38.1 Å². The second-order valence-corrected chi connectivity index (χ2v) is 5.59. The number of pyridine rings is 1. The molecule has 1 aliphatic rings. The van der Waals surface area contributed by atoms with Gasteiger partial charge in [0.05, 0.1) is 11.2 Å². The number of hydrogen-bond acceptors (Lipinski definition) is 5. The van der Waals surface area contributed by atoms with Crippen molar-refractivity contribution in [2.24, 2.45) is 5.73 Å². The van der Waals surface area contributed by atoms with E-state index < -0.39 is 30.1 Å². The Morgan fingerprint density at radius 3 is 2.32 bits per heavy atom. The molecular weight excluding hydrogens is 247 g/mol. The maximum Gasteiger partial charge on any atom is 0.496 e. The molecule has 0 saturated carbocycles. The van der Waals surface area contributed by atoms with E-state index in [0.717, 1.165) is 0 Å². The van der Waals surface area contributed by atoms with Gasteiger partial charge in [0.2, 0.25) is 5.88 Å². The number of rotatable bonds is 2. The molecule has 1 aromatic heterocycles. The van der Waals surface area contributed by atoms with E-state index in [1.165, 1.54) is 12.3 Å². The Hall–Kier alpha value is -1.60. The van der Waals surface area contributed by atoms with E-state index in [2.05, 4.69) is 4.98 Å². The van der Waals surface area contributed by atoms with E-state index in [-0.39, 0.29) is 5.56 Å². The molecule has 0 bridgehead atoms. The second-order valence-electron chi connectivity index (χ2n) is 5.59. The van der Waals surface area contributed by atoms with Crippen molar-refractivity contribution >= 4 is 18.5 Å². The first kappa shape index (κ1) is 13.8. The van der Waals surface area contributed by atoms with E-state index in [4.69, 9.17) is 15.0 Å². The number of carbonyl (C=O) groups is 1. The summed E-state index contributed by atoms with van der Waals surface area (Å²) in [6.07, 6.45) is 1.41. The lowest BCUT2D eigenvalue weighted by Gasteiger charge is -2.32. The molecule has 7 heteroatoms. The smallest absolute Gasteiger partial charge is 0.493 e. The van der Waals surface area contributed by atoms with Gasteiger partial charge >= 0.3 is 7.12 Å². The Bertz CT molecular complexity index is 514. The number of carbonyl (C=O) groups excluding carboxylic acids is 1. The van der Waals surface area contributed by atoms with Gasteiger partial charge in [0.1, 0.15) is 5.56 Å². The number of aromatic hydroxyl groups is 1. The molecule has 1 saturated heterocycles. The van der Waals surface area contributed by atoms with E-state index in [0.29, 0.717) is 5.46 Å². The zero-order chi connectivity index (χ0) is 14.4. The predicted octanol–water partition coefficient (Wildman–Crippen LogP) is 0.185. The van der Waals surface area contributed by atoms with Crippen LogP contribution in [-0.4, -0.2) is 34.3 Å². The molecule has 1 fully saturated rings. The lowest BCUT2D eigenvalue weighted by atomic mass is 9.79. The van der Waals surface area contributed by atoms with Crippen molar-refractivity contribution in [2.45, 2.75) is 38.9 Å². The molecular formula is C12H17BN2O4. The summed E-state index contributed by atoms with van der Waals surface area (Å²) in [7, 11) is -0.642. The van der Waals surface area contributed by atoms with E-state index >= 15 is 0 Å². The van der Waals surface area contributed by atoms with Crippen LogP contribution in [0.15, 0.2) is 12.3 Å². The Balaban J connectivity index is 2.35. The minimum Gasteiger partial charge on any atom is -0.493 e. The summed E-state index contributed by atoms with van der Waals surface area (Å²) in [5, 5.41) is 9.46. The number of hydrogen-bond donors (Lipinski definition) is 2. The third kappa shape index (κ3) is 2.31. The summed E-state index contributed by atoms with van der Waals surface area (Å²) in [4.78, 5) is 14.9. The molecule has 1 amide bonds. The summed E-state index contributed by atoms with van der Waals surface area (Å²) >= 11 is 0. The molecule has 6 nitrogen and oxygen atoms in total. The topological polar surface area (TPSA) is 94.7 Å². The largest absolute Gasteiger partial charge is 0.496 e. The summed E-state index contributed by atoms with van der Waals surface area (Å²) in [5.41, 5.74) is 4.70. The first-order valence-corrected chi connectivity index (χ1v) is 5.98. The lowest BCUT2D eigenvalue weighted by Crippen LogP contribution is -2.41. The fourth-order valence-electron chi connectivity index (χ4n) is 1.76. The van der Waals surface area contributed by atoms with Crippen LogP contribution in [0.25, 0.3) is 0 Å². The molecule has 2 rings (SSSR count). The summed E-state index contributed by atoms with van der Waals surface area (Å²) in [6.45, 7) is 7.71. The first-order chi connectivity index (χ1) is 8.64. The zero-order valence-electron chi connectivity index (χ0n) is 11.4. The normalized spacial score (nSPS) is 20.5. The molecule has 2 heterocycles. The number of amides is 1. The number of primary amides is 1. The molecule has 0 atom stereocenters. The Labute approximate surface area is 112 Å². The third-order valence-electron chi connectivity index (χ3n) is 3.68. The molecule has 1 aliphatic heterocycles. The number of nitrogens with two attached hydrogens (primary N) is 1. The zero-order valence-corrected chi connectivity index (χ0v) is 11.4. The van der Waals surface area contributed by atoms with E-state index in [1.807, 2.05) is 27.7 Å². The standard InChI is InChI=1S/C12H17BN2O4/c1-11(2)12(3,4)19-13(18-11)7-5-8(9(14)16)10(17)15-6-7/h5-6H,1-4H3,(H2,14,16)(H,15,17). The van der Waals surface area contributed by atoms with Gasteiger partial charge < -0.3 is 20.1 Å². The van der Waals surface area contributed by atoms with Crippen LogP contribution in [-0.2, 0) is 9.31 Å². The highest BCUT2D eigenvalue weighted by atomic mass is 16.7. The van der Waals surface area contributed by atoms with Crippen LogP contribution in [0.5, 0.6) is 5.88 Å². The van der Waals surface area contributed by atoms with Crippen LogP contribution in [0, 0.1) is 0 Å². The highest BCUT2D eigenvalue weighted by molar-refractivity contribution is 6.62. The van der Waals surface area contributed by atoms with Crippen molar-refractivity contribution in [3.63, 3.8) is 0 Å². The first-order valence-electron chi connectivity index (χ1n) is 5.98. The van der Waals surface area contributed by atoms with Crippen molar-refractivity contribution in [3.05, 3.63) is 17.8 Å². The summed E-state index contributed by atoms with van der Waals surface area (Å²) < 4.78 is 11.7. The van der Waals surface area contributed by atoms with Crippen LogP contribution in [0.3, 0.4) is 0 Å². The molecule has 19 heavy (non-hydrogen) atoms. The van der Waals surface area contributed by atoms with Crippen molar-refractivity contribution in [3.8, 4) is 5.88 Å². The van der Waals surface area contributed by atoms with Crippen molar-refractivity contribution in [1.29, 1.82) is 0 Å². The molecule has 102 valence electrons. The van der Waals surface area contributed by atoms with Crippen LogP contribution >= 0.6 is 0 Å². The molecule has 1 aromatic rings. The van der Waals surface area contributed by atoms with Gasteiger partial charge in [-0.15, -0.1) is 0 Å². The van der Waals surface area contributed by atoms with Gasteiger partial charge in [-0.1, -0.05) is 0 Å². The van der Waals surface area contributed by atoms with E-state index in [1.54, 1.807) is 0 Å². The minimum absolute atomic E-state index is 0.0489. The van der Waals surface area contributed by atoms with Gasteiger partial charge in [-0.2, -0.15) is 0 Å². The Morgan fingerprint density at radius 1 is 1.32 bits per heavy atom. The molecule has 0 unspecified atom stereocenters. The van der Waals surface area contributed by atoms with Crippen molar-refractivity contribution < 1.29 is 19.2 Å². The summed E-state index contributed by atoms with van der Waals surface area (Å²) in [6, 6.07) is 1.44. The molecule has 0 aromatic carbocycles. The highest BCUT2D eigenvalue weighted by Gasteiger charge is 2.51.